The van der Waals surface area contributed by atoms with Crippen molar-refractivity contribution in [1.82, 2.24) is 34.8 Å². The predicted molar refractivity (Wildman–Crippen MR) is 96.6 cm³/mol. The summed E-state index contributed by atoms with van der Waals surface area (Å²) in [5.41, 5.74) is 0.425. The SMILES string of the molecule is Cn1ncc(-c2nc(C(F)F)cs2)c1C(=O)NC1CCn2nc(Br)nc2C1. The smallest absolute Gasteiger partial charge is 0.281 e. The number of amides is 1. The molecule has 0 bridgehead atoms. The Hall–Kier alpha value is -2.21. The molecule has 27 heavy (non-hydrogen) atoms. The lowest BCUT2D eigenvalue weighted by molar-refractivity contribution is 0.0921. The summed E-state index contributed by atoms with van der Waals surface area (Å²) in [6.07, 6.45) is 0.0963. The molecule has 0 spiro atoms. The molecule has 1 atom stereocenters. The molecule has 1 amide bonds. The average Bonchev–Trinajstić information content (AvgIpc) is 3.31. The lowest BCUT2D eigenvalue weighted by atomic mass is 10.1. The number of halogens is 3. The van der Waals surface area contributed by atoms with Crippen molar-refractivity contribution >= 4 is 33.2 Å². The Kier molecular flexibility index (Phi) is 4.76. The highest BCUT2D eigenvalue weighted by Gasteiger charge is 2.27. The van der Waals surface area contributed by atoms with E-state index < -0.39 is 6.43 Å². The second-order valence-electron chi connectivity index (χ2n) is 6.09. The number of fused-ring (bicyclic) bond motifs is 1. The van der Waals surface area contributed by atoms with Crippen LogP contribution < -0.4 is 5.32 Å². The first kappa shape index (κ1) is 18.2. The number of aryl methyl sites for hydroxylation is 2. The molecule has 3 aromatic heterocycles. The monoisotopic (exact) mass is 457 g/mol. The van der Waals surface area contributed by atoms with Crippen LogP contribution in [0.3, 0.4) is 0 Å². The minimum Gasteiger partial charge on any atom is -0.347 e. The summed E-state index contributed by atoms with van der Waals surface area (Å²) in [5, 5.41) is 12.9. The highest BCUT2D eigenvalue weighted by molar-refractivity contribution is 9.10. The molecule has 12 heteroatoms. The van der Waals surface area contributed by atoms with Gasteiger partial charge in [-0.1, -0.05) is 0 Å². The molecule has 0 fully saturated rings. The number of nitrogens with zero attached hydrogens (tertiary/aromatic N) is 6. The van der Waals surface area contributed by atoms with E-state index in [4.69, 9.17) is 0 Å². The van der Waals surface area contributed by atoms with Gasteiger partial charge in [-0.2, -0.15) is 5.10 Å². The van der Waals surface area contributed by atoms with Crippen molar-refractivity contribution in [2.75, 3.05) is 0 Å². The van der Waals surface area contributed by atoms with E-state index in [2.05, 4.69) is 41.4 Å². The number of rotatable bonds is 4. The van der Waals surface area contributed by atoms with E-state index >= 15 is 0 Å². The fourth-order valence-corrected chi connectivity index (χ4v) is 4.24. The lowest BCUT2D eigenvalue weighted by Gasteiger charge is -2.23. The van der Waals surface area contributed by atoms with E-state index in [9.17, 15) is 13.6 Å². The van der Waals surface area contributed by atoms with Gasteiger partial charge < -0.3 is 5.32 Å². The maximum Gasteiger partial charge on any atom is 0.281 e. The zero-order valence-electron chi connectivity index (χ0n) is 14.1. The maximum atomic E-state index is 12.9. The van der Waals surface area contributed by atoms with Gasteiger partial charge in [0.15, 0.2) is 0 Å². The molecule has 3 aromatic rings. The van der Waals surface area contributed by atoms with E-state index in [1.54, 1.807) is 7.05 Å². The molecule has 1 aliphatic rings. The number of hydrogen-bond acceptors (Lipinski definition) is 6. The molecule has 1 N–H and O–H groups in total. The summed E-state index contributed by atoms with van der Waals surface area (Å²) in [4.78, 5) is 21.1. The summed E-state index contributed by atoms with van der Waals surface area (Å²) in [5.74, 6) is 0.473. The minimum absolute atomic E-state index is 0.100. The number of carbonyl (C=O) groups is 1. The van der Waals surface area contributed by atoms with Crippen LogP contribution in [0.2, 0.25) is 0 Å². The molecule has 0 radical (unpaired) electrons. The van der Waals surface area contributed by atoms with Gasteiger partial charge in [0.2, 0.25) is 4.73 Å². The van der Waals surface area contributed by atoms with E-state index in [1.165, 1.54) is 16.3 Å². The van der Waals surface area contributed by atoms with Crippen LogP contribution in [-0.4, -0.2) is 41.5 Å². The van der Waals surface area contributed by atoms with E-state index in [1.807, 2.05) is 4.68 Å². The third-order valence-corrected chi connectivity index (χ3v) is 5.54. The molecule has 4 heterocycles. The maximum absolute atomic E-state index is 12.9. The predicted octanol–water partition coefficient (Wildman–Crippen LogP) is 2.58. The Labute approximate surface area is 164 Å². The Bertz CT molecular complexity index is 998. The summed E-state index contributed by atoms with van der Waals surface area (Å²) < 4.78 is 29.4. The first-order chi connectivity index (χ1) is 12.9. The molecule has 0 saturated carbocycles. The summed E-state index contributed by atoms with van der Waals surface area (Å²) >= 11 is 4.31. The molecule has 0 aliphatic carbocycles. The van der Waals surface area contributed by atoms with Crippen LogP contribution in [0.25, 0.3) is 10.6 Å². The number of nitrogens with one attached hydrogen (secondary N) is 1. The lowest BCUT2D eigenvalue weighted by Crippen LogP contribution is -2.41. The quantitative estimate of drug-likeness (QED) is 0.649. The van der Waals surface area contributed by atoms with Crippen molar-refractivity contribution in [3.63, 3.8) is 0 Å². The molecule has 1 aliphatic heterocycles. The first-order valence-electron chi connectivity index (χ1n) is 8.08. The van der Waals surface area contributed by atoms with Crippen molar-refractivity contribution in [2.45, 2.75) is 31.9 Å². The summed E-state index contributed by atoms with van der Waals surface area (Å²) in [7, 11) is 1.63. The third-order valence-electron chi connectivity index (χ3n) is 4.31. The van der Waals surface area contributed by atoms with Crippen molar-refractivity contribution in [3.05, 3.63) is 33.5 Å². The molecular formula is C15H14BrF2N7OS. The van der Waals surface area contributed by atoms with Crippen molar-refractivity contribution in [3.8, 4) is 10.6 Å². The standard InChI is InChI=1S/C15H14BrF2N7OS/c1-24-11(8(5-19-24)14-21-9(6-27-14)12(17)18)13(26)20-7-2-3-25-10(4-7)22-15(16)23-25/h5-7,12H,2-4H2,1H3,(H,20,26). The number of thiazole rings is 1. The fraction of sp³-hybridized carbons (Fsp3) is 0.400. The Morgan fingerprint density at radius 1 is 1.44 bits per heavy atom. The van der Waals surface area contributed by atoms with Gasteiger partial charge in [-0.25, -0.2) is 23.4 Å². The number of aromatic nitrogens is 6. The van der Waals surface area contributed by atoms with Crippen LogP contribution in [0.1, 0.15) is 34.9 Å². The number of alkyl halides is 2. The third kappa shape index (κ3) is 3.50. The van der Waals surface area contributed by atoms with Crippen LogP contribution >= 0.6 is 27.3 Å². The Morgan fingerprint density at radius 2 is 2.26 bits per heavy atom. The zero-order chi connectivity index (χ0) is 19.1. The van der Waals surface area contributed by atoms with Gasteiger partial charge >= 0.3 is 0 Å². The van der Waals surface area contributed by atoms with Gasteiger partial charge in [0.1, 0.15) is 22.2 Å². The van der Waals surface area contributed by atoms with Gasteiger partial charge in [0.25, 0.3) is 12.3 Å². The Balaban J connectivity index is 1.55. The van der Waals surface area contributed by atoms with Gasteiger partial charge in [0.05, 0.1) is 11.8 Å². The van der Waals surface area contributed by atoms with Crippen LogP contribution in [0.15, 0.2) is 16.3 Å². The molecule has 142 valence electrons. The van der Waals surface area contributed by atoms with Crippen molar-refractivity contribution in [1.29, 1.82) is 0 Å². The fourth-order valence-electron chi connectivity index (χ4n) is 3.02. The van der Waals surface area contributed by atoms with Gasteiger partial charge in [-0.05, 0) is 22.4 Å². The second-order valence-corrected chi connectivity index (χ2v) is 7.66. The number of hydrogen-bond donors (Lipinski definition) is 1. The highest BCUT2D eigenvalue weighted by Crippen LogP contribution is 2.30. The summed E-state index contributed by atoms with van der Waals surface area (Å²) in [6, 6.07) is -0.100. The van der Waals surface area contributed by atoms with Crippen LogP contribution in [0.4, 0.5) is 8.78 Å². The molecule has 4 rings (SSSR count). The number of carbonyl (C=O) groups excluding carboxylic acids is 1. The first-order valence-corrected chi connectivity index (χ1v) is 9.75. The van der Waals surface area contributed by atoms with E-state index in [0.717, 1.165) is 17.2 Å². The zero-order valence-corrected chi connectivity index (χ0v) is 16.5. The van der Waals surface area contributed by atoms with Gasteiger partial charge in [0, 0.05) is 31.4 Å². The van der Waals surface area contributed by atoms with Crippen LogP contribution in [0, 0.1) is 0 Å². The van der Waals surface area contributed by atoms with E-state index in [-0.39, 0.29) is 17.6 Å². The molecule has 8 nitrogen and oxygen atoms in total. The van der Waals surface area contributed by atoms with E-state index in [0.29, 0.717) is 40.4 Å². The molecule has 0 aromatic carbocycles. The van der Waals surface area contributed by atoms with Crippen molar-refractivity contribution in [2.24, 2.45) is 7.05 Å². The minimum atomic E-state index is -2.65. The second kappa shape index (κ2) is 7.08. The summed E-state index contributed by atoms with van der Waals surface area (Å²) in [6.45, 7) is 0.654. The van der Waals surface area contributed by atoms with Crippen LogP contribution in [-0.2, 0) is 20.0 Å². The topological polar surface area (TPSA) is 90.5 Å². The molecule has 0 saturated heterocycles. The average molecular weight is 458 g/mol. The van der Waals surface area contributed by atoms with Crippen molar-refractivity contribution < 1.29 is 13.6 Å². The molecule has 1 unspecified atom stereocenters. The molecular weight excluding hydrogens is 444 g/mol. The van der Waals surface area contributed by atoms with Crippen LogP contribution in [0.5, 0.6) is 0 Å². The van der Waals surface area contributed by atoms with Gasteiger partial charge in [-0.3, -0.25) is 9.48 Å². The largest absolute Gasteiger partial charge is 0.347 e. The normalized spacial score (nSPS) is 16.6. The van der Waals surface area contributed by atoms with Gasteiger partial charge in [-0.15, -0.1) is 16.4 Å². The highest BCUT2D eigenvalue weighted by atomic mass is 79.9. The Morgan fingerprint density at radius 3 is 3.00 bits per heavy atom.